The Labute approximate surface area is 198 Å². The fourth-order valence-electron chi connectivity index (χ4n) is 3.21. The average Bonchev–Trinajstić information content (AvgIpc) is 2.83. The Kier molecular flexibility index (Phi) is 6.93. The first kappa shape index (κ1) is 23.1. The first-order valence-electron chi connectivity index (χ1n) is 10.3. The van der Waals surface area contributed by atoms with Crippen LogP contribution in [0.5, 0.6) is 0 Å². The molecule has 1 N–H and O–H groups in total. The average molecular weight is 480 g/mol. The van der Waals surface area contributed by atoms with Gasteiger partial charge in [0.25, 0.3) is 11.1 Å². The number of amides is 1. The highest BCUT2D eigenvalue weighted by Gasteiger charge is 2.09. The maximum absolute atomic E-state index is 13.1. The van der Waals surface area contributed by atoms with Crippen molar-refractivity contribution in [3.8, 4) is 22.5 Å². The van der Waals surface area contributed by atoms with E-state index in [0.29, 0.717) is 22.0 Å². The molecule has 0 saturated carbocycles. The van der Waals surface area contributed by atoms with E-state index in [4.69, 9.17) is 11.6 Å². The second kappa shape index (κ2) is 10.2. The van der Waals surface area contributed by atoms with Gasteiger partial charge in [-0.25, -0.2) is 13.8 Å². The van der Waals surface area contributed by atoms with Crippen LogP contribution in [0.3, 0.4) is 0 Å². The molecular formula is C24H19ClFN5O3. The SMILES string of the molecule is O=C(Cn1nc(-c2ccc(Cl)cc2)ccc1=O)NCCn1nc(-c2ccc(F)cc2)ccc1=O. The van der Waals surface area contributed by atoms with Gasteiger partial charge in [-0.1, -0.05) is 23.7 Å². The van der Waals surface area contributed by atoms with E-state index in [1.165, 1.54) is 28.9 Å². The maximum atomic E-state index is 13.1. The lowest BCUT2D eigenvalue weighted by Gasteiger charge is -2.10. The summed E-state index contributed by atoms with van der Waals surface area (Å²) in [5.41, 5.74) is 1.68. The molecular weight excluding hydrogens is 461 g/mol. The normalized spacial score (nSPS) is 10.8. The minimum Gasteiger partial charge on any atom is -0.353 e. The van der Waals surface area contributed by atoms with Gasteiger partial charge in [0.15, 0.2) is 0 Å². The van der Waals surface area contributed by atoms with E-state index >= 15 is 0 Å². The van der Waals surface area contributed by atoms with Crippen molar-refractivity contribution in [2.75, 3.05) is 6.54 Å². The summed E-state index contributed by atoms with van der Waals surface area (Å²) in [6.45, 7) is -0.0464. The Morgan fingerprint density at radius 3 is 1.94 bits per heavy atom. The van der Waals surface area contributed by atoms with Crippen molar-refractivity contribution in [3.63, 3.8) is 0 Å². The first-order valence-corrected chi connectivity index (χ1v) is 10.7. The zero-order chi connectivity index (χ0) is 24.1. The molecule has 172 valence electrons. The third kappa shape index (κ3) is 5.62. The number of carbonyl (C=O) groups excluding carboxylic acids is 1. The van der Waals surface area contributed by atoms with Crippen molar-refractivity contribution < 1.29 is 9.18 Å². The second-order valence-electron chi connectivity index (χ2n) is 7.36. The molecule has 0 aliphatic carbocycles. The molecule has 0 aliphatic heterocycles. The minimum atomic E-state index is -0.439. The number of halogens is 2. The van der Waals surface area contributed by atoms with Crippen LogP contribution in [0, 0.1) is 5.82 Å². The number of aromatic nitrogens is 4. The number of hydrogen-bond donors (Lipinski definition) is 1. The van der Waals surface area contributed by atoms with Crippen molar-refractivity contribution in [3.05, 3.63) is 104 Å². The van der Waals surface area contributed by atoms with E-state index in [-0.39, 0.29) is 31.0 Å². The molecule has 0 aliphatic rings. The van der Waals surface area contributed by atoms with Gasteiger partial charge in [-0.2, -0.15) is 10.2 Å². The second-order valence-corrected chi connectivity index (χ2v) is 7.79. The summed E-state index contributed by atoms with van der Waals surface area (Å²) in [5.74, 6) is -0.808. The van der Waals surface area contributed by atoms with E-state index in [9.17, 15) is 18.8 Å². The molecule has 34 heavy (non-hydrogen) atoms. The maximum Gasteiger partial charge on any atom is 0.267 e. The summed E-state index contributed by atoms with van der Waals surface area (Å²) < 4.78 is 15.4. The van der Waals surface area contributed by atoms with Crippen molar-refractivity contribution >= 4 is 17.5 Å². The lowest BCUT2D eigenvalue weighted by Crippen LogP contribution is -2.36. The highest BCUT2D eigenvalue weighted by atomic mass is 35.5. The highest BCUT2D eigenvalue weighted by Crippen LogP contribution is 2.18. The summed E-state index contributed by atoms with van der Waals surface area (Å²) in [5, 5.41) is 11.8. The minimum absolute atomic E-state index is 0.115. The van der Waals surface area contributed by atoms with Gasteiger partial charge < -0.3 is 5.32 Å². The molecule has 2 aromatic carbocycles. The highest BCUT2D eigenvalue weighted by molar-refractivity contribution is 6.30. The van der Waals surface area contributed by atoms with E-state index in [2.05, 4.69) is 15.5 Å². The molecule has 4 rings (SSSR count). The Morgan fingerprint density at radius 2 is 1.32 bits per heavy atom. The monoisotopic (exact) mass is 479 g/mol. The molecule has 0 atom stereocenters. The van der Waals surface area contributed by atoms with Gasteiger partial charge in [0.2, 0.25) is 5.91 Å². The summed E-state index contributed by atoms with van der Waals surface area (Å²) in [6, 6.07) is 18.5. The summed E-state index contributed by atoms with van der Waals surface area (Å²) >= 11 is 5.90. The van der Waals surface area contributed by atoms with Crippen LogP contribution >= 0.6 is 11.6 Å². The molecule has 0 spiro atoms. The molecule has 0 saturated heterocycles. The third-order valence-electron chi connectivity index (χ3n) is 4.95. The predicted octanol–water partition coefficient (Wildman–Crippen LogP) is 2.74. The molecule has 1 amide bonds. The number of hydrogen-bond acceptors (Lipinski definition) is 5. The standard InChI is InChI=1S/C24H19ClFN5O3/c25-18-5-1-16(2-6-18)21-10-12-24(34)31(29-21)15-22(32)27-13-14-30-23(33)11-9-20(28-30)17-3-7-19(26)8-4-17/h1-12H,13-15H2,(H,27,32). The molecule has 0 radical (unpaired) electrons. The van der Waals surface area contributed by atoms with E-state index < -0.39 is 11.5 Å². The van der Waals surface area contributed by atoms with Crippen LogP contribution in [-0.2, 0) is 17.9 Å². The van der Waals surface area contributed by atoms with Crippen molar-refractivity contribution in [1.29, 1.82) is 0 Å². The van der Waals surface area contributed by atoms with Gasteiger partial charge in [-0.05, 0) is 48.5 Å². The van der Waals surface area contributed by atoms with Crippen molar-refractivity contribution in [1.82, 2.24) is 24.9 Å². The molecule has 8 nitrogen and oxygen atoms in total. The van der Waals surface area contributed by atoms with Crippen LogP contribution in [0.1, 0.15) is 0 Å². The molecule has 2 aromatic heterocycles. The Balaban J connectivity index is 1.39. The largest absolute Gasteiger partial charge is 0.353 e. The number of rotatable bonds is 7. The van der Waals surface area contributed by atoms with Crippen LogP contribution < -0.4 is 16.4 Å². The number of carbonyl (C=O) groups is 1. The summed E-state index contributed by atoms with van der Waals surface area (Å²) in [4.78, 5) is 36.7. The zero-order valence-corrected chi connectivity index (χ0v) is 18.6. The Bertz CT molecular complexity index is 1430. The van der Waals surface area contributed by atoms with Crippen LogP contribution in [0.2, 0.25) is 5.02 Å². The van der Waals surface area contributed by atoms with E-state index in [0.717, 1.165) is 10.2 Å². The van der Waals surface area contributed by atoms with Crippen molar-refractivity contribution in [2.24, 2.45) is 0 Å². The number of nitrogens with zero attached hydrogens (tertiary/aromatic N) is 4. The van der Waals surface area contributed by atoms with Crippen molar-refractivity contribution in [2.45, 2.75) is 13.1 Å². The fraction of sp³-hybridized carbons (Fsp3) is 0.125. The van der Waals surface area contributed by atoms with Crippen LogP contribution in [0.25, 0.3) is 22.5 Å². The van der Waals surface area contributed by atoms with E-state index in [1.807, 2.05) is 0 Å². The van der Waals surface area contributed by atoms with Gasteiger partial charge in [0.05, 0.1) is 17.9 Å². The van der Waals surface area contributed by atoms with E-state index in [1.54, 1.807) is 48.5 Å². The molecule has 0 unspecified atom stereocenters. The molecule has 2 heterocycles. The Hall–Kier alpha value is -4.11. The van der Waals surface area contributed by atoms with Gasteiger partial charge >= 0.3 is 0 Å². The van der Waals surface area contributed by atoms with Crippen LogP contribution in [0.15, 0.2) is 82.4 Å². The molecule has 0 bridgehead atoms. The topological polar surface area (TPSA) is 98.9 Å². The first-order chi connectivity index (χ1) is 16.4. The predicted molar refractivity (Wildman–Crippen MR) is 126 cm³/mol. The molecule has 10 heteroatoms. The Morgan fingerprint density at radius 1 is 0.794 bits per heavy atom. The third-order valence-corrected chi connectivity index (χ3v) is 5.20. The summed E-state index contributed by atoms with van der Waals surface area (Å²) in [6.07, 6.45) is 0. The van der Waals surface area contributed by atoms with Gasteiger partial charge in [0.1, 0.15) is 12.4 Å². The van der Waals surface area contributed by atoms with Gasteiger partial charge in [-0.15, -0.1) is 0 Å². The fourth-order valence-corrected chi connectivity index (χ4v) is 3.34. The number of nitrogens with one attached hydrogen (secondary N) is 1. The quantitative estimate of drug-likeness (QED) is 0.439. The lowest BCUT2D eigenvalue weighted by atomic mass is 10.1. The molecule has 0 fully saturated rings. The summed E-state index contributed by atoms with van der Waals surface area (Å²) in [7, 11) is 0. The van der Waals surface area contributed by atoms with Gasteiger partial charge in [0, 0.05) is 34.8 Å². The lowest BCUT2D eigenvalue weighted by molar-refractivity contribution is -0.121. The zero-order valence-electron chi connectivity index (χ0n) is 17.8. The number of benzene rings is 2. The van der Waals surface area contributed by atoms with Crippen LogP contribution in [-0.4, -0.2) is 32.0 Å². The smallest absolute Gasteiger partial charge is 0.267 e. The van der Waals surface area contributed by atoms with Crippen LogP contribution in [0.4, 0.5) is 4.39 Å². The van der Waals surface area contributed by atoms with Gasteiger partial charge in [-0.3, -0.25) is 14.4 Å². The molecule has 4 aromatic rings.